The van der Waals surface area contributed by atoms with Crippen molar-refractivity contribution in [2.24, 2.45) is 5.73 Å². The van der Waals surface area contributed by atoms with Crippen molar-refractivity contribution in [2.75, 3.05) is 32.7 Å². The quantitative estimate of drug-likeness (QED) is 0.719. The van der Waals surface area contributed by atoms with Gasteiger partial charge in [-0.25, -0.2) is 0 Å². The van der Waals surface area contributed by atoms with Gasteiger partial charge >= 0.3 is 0 Å². The molecule has 0 amide bonds. The molecule has 0 aliphatic carbocycles. The van der Waals surface area contributed by atoms with Crippen LogP contribution in [0.2, 0.25) is 0 Å². The largest absolute Gasteiger partial charge is 0.375 e. The molecule has 18 heavy (non-hydrogen) atoms. The van der Waals surface area contributed by atoms with Crippen LogP contribution in [0.5, 0.6) is 0 Å². The van der Waals surface area contributed by atoms with E-state index in [1.807, 2.05) is 0 Å². The van der Waals surface area contributed by atoms with Crippen molar-refractivity contribution in [1.82, 2.24) is 10.2 Å². The summed E-state index contributed by atoms with van der Waals surface area (Å²) in [6, 6.07) is 0. The minimum Gasteiger partial charge on any atom is -0.375 e. The molecule has 1 saturated heterocycles. The van der Waals surface area contributed by atoms with E-state index in [9.17, 15) is 0 Å². The maximum atomic E-state index is 6.01. The molecule has 0 aromatic heterocycles. The Morgan fingerprint density at radius 1 is 1.22 bits per heavy atom. The number of nitrogens with zero attached hydrogens (tertiary/aromatic N) is 1. The van der Waals surface area contributed by atoms with Crippen LogP contribution in [-0.2, 0) is 4.74 Å². The maximum Gasteiger partial charge on any atom is 0.0568 e. The Hall–Kier alpha value is -0.160. The van der Waals surface area contributed by atoms with Gasteiger partial charge in [-0.3, -0.25) is 0 Å². The first-order valence-corrected chi connectivity index (χ1v) is 7.38. The number of rotatable bonds is 7. The lowest BCUT2D eigenvalue weighted by molar-refractivity contribution is -0.0671. The Balaban J connectivity index is 2.44. The maximum absolute atomic E-state index is 6.01. The van der Waals surface area contributed by atoms with Crippen LogP contribution >= 0.6 is 0 Å². The van der Waals surface area contributed by atoms with Crippen LogP contribution < -0.4 is 11.1 Å². The van der Waals surface area contributed by atoms with Crippen LogP contribution in [-0.4, -0.2) is 55.4 Å². The van der Waals surface area contributed by atoms with Crippen molar-refractivity contribution in [2.45, 2.75) is 58.3 Å². The summed E-state index contributed by atoms with van der Waals surface area (Å²) >= 11 is 0. The first-order valence-electron chi connectivity index (χ1n) is 7.38. The fourth-order valence-electron chi connectivity index (χ4n) is 3.08. The van der Waals surface area contributed by atoms with Crippen LogP contribution in [0.15, 0.2) is 0 Å². The lowest BCUT2D eigenvalue weighted by Crippen LogP contribution is -2.59. The van der Waals surface area contributed by atoms with Gasteiger partial charge in [0.15, 0.2) is 0 Å². The van der Waals surface area contributed by atoms with Gasteiger partial charge in [-0.1, -0.05) is 13.8 Å². The molecule has 2 unspecified atom stereocenters. The average Bonchev–Trinajstić information content (AvgIpc) is 2.33. The van der Waals surface area contributed by atoms with Gasteiger partial charge in [0.2, 0.25) is 0 Å². The second-order valence-electron chi connectivity index (χ2n) is 5.60. The third-order valence-electron chi connectivity index (χ3n) is 4.03. The molecule has 0 bridgehead atoms. The van der Waals surface area contributed by atoms with Crippen molar-refractivity contribution < 1.29 is 4.74 Å². The zero-order valence-electron chi connectivity index (χ0n) is 12.5. The smallest absolute Gasteiger partial charge is 0.0568 e. The molecule has 1 aliphatic rings. The van der Waals surface area contributed by atoms with Gasteiger partial charge in [0, 0.05) is 25.2 Å². The molecule has 4 heteroatoms. The van der Waals surface area contributed by atoms with E-state index in [4.69, 9.17) is 10.5 Å². The third-order valence-corrected chi connectivity index (χ3v) is 4.03. The Kier molecular flexibility index (Phi) is 6.57. The van der Waals surface area contributed by atoms with E-state index >= 15 is 0 Å². The summed E-state index contributed by atoms with van der Waals surface area (Å²) in [5.41, 5.74) is 6.09. The second kappa shape index (κ2) is 7.43. The first kappa shape index (κ1) is 15.9. The highest BCUT2D eigenvalue weighted by Gasteiger charge is 2.36. The molecule has 0 saturated carbocycles. The number of nitrogens with two attached hydrogens (primary N) is 1. The van der Waals surface area contributed by atoms with E-state index in [-0.39, 0.29) is 5.54 Å². The molecule has 0 radical (unpaired) electrons. The van der Waals surface area contributed by atoms with Crippen LogP contribution in [0, 0.1) is 0 Å². The Labute approximate surface area is 112 Å². The van der Waals surface area contributed by atoms with Crippen LogP contribution in [0.4, 0.5) is 0 Å². The van der Waals surface area contributed by atoms with E-state index in [0.29, 0.717) is 18.8 Å². The molecule has 108 valence electrons. The Morgan fingerprint density at radius 2 is 1.78 bits per heavy atom. The molecule has 1 fully saturated rings. The van der Waals surface area contributed by atoms with Crippen molar-refractivity contribution >= 4 is 0 Å². The van der Waals surface area contributed by atoms with Crippen molar-refractivity contribution in [3.8, 4) is 0 Å². The summed E-state index contributed by atoms with van der Waals surface area (Å²) in [5.74, 6) is 0. The van der Waals surface area contributed by atoms with E-state index in [2.05, 4.69) is 37.9 Å². The molecular formula is C14H31N3O. The predicted octanol–water partition coefficient (Wildman–Crippen LogP) is 1.20. The lowest BCUT2D eigenvalue weighted by atomic mass is 9.84. The van der Waals surface area contributed by atoms with E-state index in [1.165, 1.54) is 0 Å². The molecule has 2 atom stereocenters. The summed E-state index contributed by atoms with van der Waals surface area (Å²) in [7, 11) is 0. The highest BCUT2D eigenvalue weighted by Crippen LogP contribution is 2.27. The van der Waals surface area contributed by atoms with Crippen molar-refractivity contribution in [3.63, 3.8) is 0 Å². The van der Waals surface area contributed by atoms with Gasteiger partial charge in [0.25, 0.3) is 0 Å². The molecule has 0 aromatic rings. The summed E-state index contributed by atoms with van der Waals surface area (Å²) in [6.07, 6.45) is 2.65. The van der Waals surface area contributed by atoms with Gasteiger partial charge in [-0.15, -0.1) is 0 Å². The number of hydrogen-bond donors (Lipinski definition) is 2. The number of ether oxygens (including phenoxy) is 1. The minimum atomic E-state index is 0.0736. The Morgan fingerprint density at radius 3 is 2.22 bits per heavy atom. The fraction of sp³-hybridized carbons (Fsp3) is 1.00. The lowest BCUT2D eigenvalue weighted by Gasteiger charge is -2.43. The van der Waals surface area contributed by atoms with Crippen molar-refractivity contribution in [3.05, 3.63) is 0 Å². The normalized spacial score (nSPS) is 33.0. The molecule has 1 heterocycles. The van der Waals surface area contributed by atoms with Gasteiger partial charge in [-0.2, -0.15) is 0 Å². The number of hydrogen-bond acceptors (Lipinski definition) is 4. The summed E-state index contributed by atoms with van der Waals surface area (Å²) in [6.45, 7) is 13.7. The topological polar surface area (TPSA) is 50.5 Å². The molecular weight excluding hydrogens is 226 g/mol. The minimum absolute atomic E-state index is 0.0736. The molecule has 4 nitrogen and oxygen atoms in total. The zero-order valence-corrected chi connectivity index (χ0v) is 12.5. The third kappa shape index (κ3) is 4.50. The fourth-order valence-corrected chi connectivity index (χ4v) is 3.08. The zero-order chi connectivity index (χ0) is 13.6. The highest BCUT2D eigenvalue weighted by molar-refractivity contribution is 4.95. The van der Waals surface area contributed by atoms with E-state index in [0.717, 1.165) is 39.0 Å². The number of nitrogens with one attached hydrogen (secondary N) is 1. The van der Waals surface area contributed by atoms with Crippen molar-refractivity contribution in [1.29, 1.82) is 0 Å². The second-order valence-corrected chi connectivity index (χ2v) is 5.60. The van der Waals surface area contributed by atoms with Crippen LogP contribution in [0.25, 0.3) is 0 Å². The molecule has 1 aliphatic heterocycles. The molecule has 0 spiro atoms. The molecule has 0 aromatic carbocycles. The average molecular weight is 257 g/mol. The molecule has 1 rings (SSSR count). The monoisotopic (exact) mass is 257 g/mol. The van der Waals surface area contributed by atoms with Gasteiger partial charge < -0.3 is 20.7 Å². The standard InChI is InChI=1S/C14H31N3O/c1-5-17(6-2)8-7-16-14(11-15)9-12(3)18-13(4)10-14/h12-13,16H,5-11,15H2,1-4H3. The van der Waals surface area contributed by atoms with Crippen LogP contribution in [0.3, 0.4) is 0 Å². The summed E-state index contributed by atoms with van der Waals surface area (Å²) in [5, 5.41) is 3.70. The molecule has 3 N–H and O–H groups in total. The van der Waals surface area contributed by atoms with Gasteiger partial charge in [0.05, 0.1) is 12.2 Å². The van der Waals surface area contributed by atoms with E-state index < -0.39 is 0 Å². The highest BCUT2D eigenvalue weighted by atomic mass is 16.5. The van der Waals surface area contributed by atoms with Gasteiger partial charge in [-0.05, 0) is 39.8 Å². The first-order chi connectivity index (χ1) is 8.55. The van der Waals surface area contributed by atoms with Gasteiger partial charge in [0.1, 0.15) is 0 Å². The Bertz CT molecular complexity index is 221. The van der Waals surface area contributed by atoms with E-state index in [1.54, 1.807) is 0 Å². The van der Waals surface area contributed by atoms with Crippen LogP contribution in [0.1, 0.15) is 40.5 Å². The predicted molar refractivity (Wildman–Crippen MR) is 76.8 cm³/mol. The SMILES string of the molecule is CCN(CC)CCNC1(CN)CC(C)OC(C)C1. The number of likely N-dealkylation sites (N-methyl/N-ethyl adjacent to an activating group) is 1. The summed E-state index contributed by atoms with van der Waals surface area (Å²) in [4.78, 5) is 2.43. The summed E-state index contributed by atoms with van der Waals surface area (Å²) < 4.78 is 5.81.